The van der Waals surface area contributed by atoms with Crippen molar-refractivity contribution in [3.63, 3.8) is 0 Å². The van der Waals surface area contributed by atoms with E-state index in [0.717, 1.165) is 6.54 Å². The van der Waals surface area contributed by atoms with Gasteiger partial charge in [0.15, 0.2) is 5.82 Å². The first-order valence-electron chi connectivity index (χ1n) is 4.91. The van der Waals surface area contributed by atoms with Crippen molar-refractivity contribution in [1.29, 1.82) is 0 Å². The molecule has 0 saturated carbocycles. The Morgan fingerprint density at radius 1 is 1.38 bits per heavy atom. The van der Waals surface area contributed by atoms with Crippen molar-refractivity contribution in [1.82, 2.24) is 14.9 Å². The lowest BCUT2D eigenvalue weighted by atomic mass is 10.5. The number of aromatic nitrogens is 2. The van der Waals surface area contributed by atoms with Crippen molar-refractivity contribution in [3.05, 3.63) is 17.0 Å². The zero-order valence-electron chi connectivity index (χ0n) is 9.73. The van der Waals surface area contributed by atoms with Gasteiger partial charge in [-0.1, -0.05) is 11.6 Å². The molecule has 1 aromatic rings. The van der Waals surface area contributed by atoms with Gasteiger partial charge in [-0.15, -0.1) is 0 Å². The van der Waals surface area contributed by atoms with E-state index >= 15 is 0 Å². The van der Waals surface area contributed by atoms with E-state index in [1.807, 2.05) is 19.0 Å². The van der Waals surface area contributed by atoms with Crippen LogP contribution in [0.3, 0.4) is 0 Å². The fourth-order valence-electron chi connectivity index (χ4n) is 1.04. The van der Waals surface area contributed by atoms with Crippen LogP contribution in [0.25, 0.3) is 0 Å². The van der Waals surface area contributed by atoms with Gasteiger partial charge in [0.25, 0.3) is 0 Å². The van der Waals surface area contributed by atoms with E-state index in [0.29, 0.717) is 30.1 Å². The lowest BCUT2D eigenvalue weighted by Gasteiger charge is -2.10. The van der Waals surface area contributed by atoms with Gasteiger partial charge in [0.2, 0.25) is 5.88 Å². The van der Waals surface area contributed by atoms with Crippen LogP contribution >= 0.6 is 11.6 Å². The van der Waals surface area contributed by atoms with Crippen molar-refractivity contribution in [2.45, 2.75) is 6.61 Å². The van der Waals surface area contributed by atoms with Gasteiger partial charge < -0.3 is 14.4 Å². The highest BCUT2D eigenvalue weighted by Gasteiger charge is 2.04. The molecule has 1 heterocycles. The van der Waals surface area contributed by atoms with Crippen LogP contribution in [0.2, 0.25) is 5.15 Å². The molecule has 0 fully saturated rings. The van der Waals surface area contributed by atoms with Gasteiger partial charge in [-0.05, 0) is 14.1 Å². The standard InChI is InChI=1S/C10H16ClN3O2/c1-14(2)4-5-16-10-6-8(11)12-9(13-10)7-15-3/h6H,4-5,7H2,1-3H3. The minimum atomic E-state index is 0.324. The summed E-state index contributed by atoms with van der Waals surface area (Å²) in [6.45, 7) is 1.71. The van der Waals surface area contributed by atoms with Gasteiger partial charge in [0, 0.05) is 19.7 Å². The van der Waals surface area contributed by atoms with E-state index in [2.05, 4.69) is 9.97 Å². The second-order valence-electron chi connectivity index (χ2n) is 3.53. The highest BCUT2D eigenvalue weighted by molar-refractivity contribution is 6.29. The number of likely N-dealkylation sites (N-methyl/N-ethyl adjacent to an activating group) is 1. The summed E-state index contributed by atoms with van der Waals surface area (Å²) in [7, 11) is 5.54. The number of hydrogen-bond donors (Lipinski definition) is 0. The lowest BCUT2D eigenvalue weighted by Crippen LogP contribution is -2.19. The molecule has 0 radical (unpaired) electrons. The van der Waals surface area contributed by atoms with Crippen LogP contribution in [0.15, 0.2) is 6.07 Å². The van der Waals surface area contributed by atoms with Crippen molar-refractivity contribution in [2.24, 2.45) is 0 Å². The van der Waals surface area contributed by atoms with Gasteiger partial charge in [-0.2, -0.15) is 4.98 Å². The van der Waals surface area contributed by atoms with E-state index in [4.69, 9.17) is 21.1 Å². The molecule has 0 atom stereocenters. The summed E-state index contributed by atoms with van der Waals surface area (Å²) >= 11 is 5.83. The largest absolute Gasteiger partial charge is 0.476 e. The third-order valence-electron chi connectivity index (χ3n) is 1.78. The van der Waals surface area contributed by atoms with Crippen LogP contribution in [-0.4, -0.2) is 49.2 Å². The van der Waals surface area contributed by atoms with Gasteiger partial charge in [0.05, 0.1) is 0 Å². The number of rotatable bonds is 6. The summed E-state index contributed by atoms with van der Waals surface area (Å²) in [5.41, 5.74) is 0. The van der Waals surface area contributed by atoms with Crippen LogP contribution in [0.5, 0.6) is 5.88 Å². The maximum Gasteiger partial charge on any atom is 0.218 e. The summed E-state index contributed by atoms with van der Waals surface area (Å²) < 4.78 is 10.4. The summed E-state index contributed by atoms with van der Waals surface area (Å²) in [5.74, 6) is 1.00. The number of halogens is 1. The van der Waals surface area contributed by atoms with Crippen LogP contribution in [0.4, 0.5) is 0 Å². The van der Waals surface area contributed by atoms with Gasteiger partial charge in [0.1, 0.15) is 18.4 Å². The highest BCUT2D eigenvalue weighted by atomic mass is 35.5. The molecular formula is C10H16ClN3O2. The molecule has 0 bridgehead atoms. The van der Waals surface area contributed by atoms with E-state index in [1.54, 1.807) is 13.2 Å². The van der Waals surface area contributed by atoms with Crippen LogP contribution in [0, 0.1) is 0 Å². The van der Waals surface area contributed by atoms with Crippen molar-refractivity contribution in [2.75, 3.05) is 34.4 Å². The molecule has 0 amide bonds. The molecule has 0 N–H and O–H groups in total. The normalized spacial score (nSPS) is 10.8. The van der Waals surface area contributed by atoms with Crippen molar-refractivity contribution < 1.29 is 9.47 Å². The molecule has 90 valence electrons. The summed E-state index contributed by atoms with van der Waals surface area (Å²) in [6, 6.07) is 1.59. The Balaban J connectivity index is 2.58. The smallest absolute Gasteiger partial charge is 0.218 e. The predicted molar refractivity (Wildman–Crippen MR) is 61.8 cm³/mol. The maximum absolute atomic E-state index is 5.83. The predicted octanol–water partition coefficient (Wildman–Crippen LogP) is 1.22. The summed E-state index contributed by atoms with van der Waals surface area (Å²) in [4.78, 5) is 10.2. The van der Waals surface area contributed by atoms with E-state index in [1.165, 1.54) is 0 Å². The molecule has 1 rings (SSSR count). The van der Waals surface area contributed by atoms with Crippen molar-refractivity contribution >= 4 is 11.6 Å². The molecule has 0 unspecified atom stereocenters. The lowest BCUT2D eigenvalue weighted by molar-refractivity contribution is 0.175. The van der Waals surface area contributed by atoms with Crippen LogP contribution in [0.1, 0.15) is 5.82 Å². The first-order valence-corrected chi connectivity index (χ1v) is 5.29. The molecule has 0 aliphatic heterocycles. The monoisotopic (exact) mass is 245 g/mol. The molecular weight excluding hydrogens is 230 g/mol. The summed E-state index contributed by atoms with van der Waals surface area (Å²) in [6.07, 6.45) is 0. The topological polar surface area (TPSA) is 47.5 Å². The first kappa shape index (κ1) is 13.2. The first-order chi connectivity index (χ1) is 7.61. The number of nitrogens with zero attached hydrogens (tertiary/aromatic N) is 3. The fourth-order valence-corrected chi connectivity index (χ4v) is 1.23. The van der Waals surface area contributed by atoms with Crippen LogP contribution < -0.4 is 4.74 Å². The number of methoxy groups -OCH3 is 1. The second kappa shape index (κ2) is 6.62. The Labute approximate surface area is 100 Å². The van der Waals surface area contributed by atoms with Gasteiger partial charge in [-0.25, -0.2) is 4.98 Å². The molecule has 5 nitrogen and oxygen atoms in total. The Hall–Kier alpha value is -0.910. The number of ether oxygens (including phenoxy) is 2. The molecule has 0 aliphatic rings. The van der Waals surface area contributed by atoms with Crippen LogP contribution in [-0.2, 0) is 11.3 Å². The zero-order chi connectivity index (χ0) is 12.0. The second-order valence-corrected chi connectivity index (χ2v) is 3.92. The highest BCUT2D eigenvalue weighted by Crippen LogP contribution is 2.13. The quantitative estimate of drug-likeness (QED) is 0.706. The maximum atomic E-state index is 5.83. The Morgan fingerprint density at radius 3 is 2.75 bits per heavy atom. The Morgan fingerprint density at radius 2 is 2.12 bits per heavy atom. The fraction of sp³-hybridized carbons (Fsp3) is 0.600. The van der Waals surface area contributed by atoms with Crippen molar-refractivity contribution in [3.8, 4) is 5.88 Å². The third kappa shape index (κ3) is 4.74. The molecule has 0 aliphatic carbocycles. The van der Waals surface area contributed by atoms with Gasteiger partial charge in [-0.3, -0.25) is 0 Å². The minimum absolute atomic E-state index is 0.324. The molecule has 1 aromatic heterocycles. The number of hydrogen-bond acceptors (Lipinski definition) is 5. The Bertz CT molecular complexity index is 334. The Kier molecular flexibility index (Phi) is 5.45. The SMILES string of the molecule is COCc1nc(Cl)cc(OCCN(C)C)n1. The van der Waals surface area contributed by atoms with E-state index in [9.17, 15) is 0 Å². The molecule has 6 heteroatoms. The third-order valence-corrected chi connectivity index (χ3v) is 1.97. The molecule has 0 saturated heterocycles. The molecule has 0 spiro atoms. The zero-order valence-corrected chi connectivity index (χ0v) is 10.5. The molecule has 0 aromatic carbocycles. The average molecular weight is 246 g/mol. The minimum Gasteiger partial charge on any atom is -0.476 e. The van der Waals surface area contributed by atoms with E-state index < -0.39 is 0 Å². The molecule has 16 heavy (non-hydrogen) atoms. The van der Waals surface area contributed by atoms with Gasteiger partial charge >= 0.3 is 0 Å². The summed E-state index contributed by atoms with van der Waals surface area (Å²) in [5, 5.41) is 0.363. The average Bonchev–Trinajstić information content (AvgIpc) is 2.16. The van der Waals surface area contributed by atoms with E-state index in [-0.39, 0.29) is 0 Å².